The molecule has 6 nitrogen and oxygen atoms in total. The average Bonchev–Trinajstić information content (AvgIpc) is 2.07. The average molecular weight is 195 g/mol. The van der Waals surface area contributed by atoms with Crippen LogP contribution in [0.4, 0.5) is 16.2 Å². The molecule has 0 radical (unpaired) electrons. The summed E-state index contributed by atoms with van der Waals surface area (Å²) in [7, 11) is 0. The number of hydrogen-bond donors (Lipinski definition) is 2. The Kier molecular flexibility index (Phi) is 2.66. The van der Waals surface area contributed by atoms with Crippen molar-refractivity contribution in [2.75, 3.05) is 5.32 Å². The largest absolute Gasteiger partial charge is 0.351 e. The fourth-order valence-corrected chi connectivity index (χ4v) is 0.991. The highest BCUT2D eigenvalue weighted by molar-refractivity contribution is 5.89. The second-order valence-electron chi connectivity index (χ2n) is 2.75. The number of nitro groups is 1. The van der Waals surface area contributed by atoms with Gasteiger partial charge in [0, 0.05) is 12.1 Å². The van der Waals surface area contributed by atoms with Crippen LogP contribution in [0.1, 0.15) is 5.56 Å². The number of benzene rings is 1. The zero-order chi connectivity index (χ0) is 10.7. The van der Waals surface area contributed by atoms with E-state index in [-0.39, 0.29) is 5.69 Å². The Morgan fingerprint density at radius 3 is 2.71 bits per heavy atom. The highest BCUT2D eigenvalue weighted by atomic mass is 16.6. The number of nitrogens with zero attached hydrogens (tertiary/aromatic N) is 1. The van der Waals surface area contributed by atoms with Crippen molar-refractivity contribution >= 4 is 17.4 Å². The molecule has 0 aromatic heterocycles. The van der Waals surface area contributed by atoms with E-state index in [0.29, 0.717) is 5.69 Å². The number of nitro benzene ring substituents is 1. The van der Waals surface area contributed by atoms with Gasteiger partial charge in [-0.25, -0.2) is 4.79 Å². The van der Waals surface area contributed by atoms with E-state index in [0.717, 1.165) is 5.56 Å². The number of primary amides is 1. The second-order valence-corrected chi connectivity index (χ2v) is 2.75. The molecule has 0 aliphatic carbocycles. The van der Waals surface area contributed by atoms with Crippen molar-refractivity contribution in [2.45, 2.75) is 6.92 Å². The molecular formula is C8H9N3O3. The minimum Gasteiger partial charge on any atom is -0.351 e. The van der Waals surface area contributed by atoms with Crippen molar-refractivity contribution in [1.82, 2.24) is 0 Å². The first-order chi connectivity index (χ1) is 6.50. The fraction of sp³-hybridized carbons (Fsp3) is 0.125. The third kappa shape index (κ3) is 2.19. The number of carbonyl (C=O) groups excluding carboxylic acids is 1. The quantitative estimate of drug-likeness (QED) is 0.551. The predicted molar refractivity (Wildman–Crippen MR) is 51.0 cm³/mol. The molecule has 0 fully saturated rings. The van der Waals surface area contributed by atoms with Crippen LogP contribution in [0.15, 0.2) is 18.2 Å². The van der Waals surface area contributed by atoms with Crippen LogP contribution in [-0.2, 0) is 0 Å². The monoisotopic (exact) mass is 195 g/mol. The molecule has 0 saturated carbocycles. The molecular weight excluding hydrogens is 186 g/mol. The minimum atomic E-state index is -0.742. The minimum absolute atomic E-state index is 0.0839. The summed E-state index contributed by atoms with van der Waals surface area (Å²) in [5.41, 5.74) is 5.89. The molecule has 0 heterocycles. The van der Waals surface area contributed by atoms with Gasteiger partial charge in [0.05, 0.1) is 10.6 Å². The second kappa shape index (κ2) is 3.73. The highest BCUT2D eigenvalue weighted by Gasteiger charge is 2.09. The van der Waals surface area contributed by atoms with Crippen molar-refractivity contribution in [3.63, 3.8) is 0 Å². The van der Waals surface area contributed by atoms with Crippen LogP contribution in [0.5, 0.6) is 0 Å². The van der Waals surface area contributed by atoms with E-state index in [2.05, 4.69) is 5.32 Å². The molecule has 0 bridgehead atoms. The maximum absolute atomic E-state index is 10.5. The third-order valence-corrected chi connectivity index (χ3v) is 1.69. The summed E-state index contributed by atoms with van der Waals surface area (Å²) in [5.74, 6) is 0. The van der Waals surface area contributed by atoms with Crippen molar-refractivity contribution in [2.24, 2.45) is 5.73 Å². The summed E-state index contributed by atoms with van der Waals surface area (Å²) < 4.78 is 0. The van der Waals surface area contributed by atoms with Gasteiger partial charge >= 0.3 is 6.03 Å². The van der Waals surface area contributed by atoms with Crippen molar-refractivity contribution in [1.29, 1.82) is 0 Å². The zero-order valence-corrected chi connectivity index (χ0v) is 7.48. The molecule has 3 N–H and O–H groups in total. The smallest absolute Gasteiger partial charge is 0.316 e. The molecule has 0 saturated heterocycles. The van der Waals surface area contributed by atoms with Gasteiger partial charge in [0.1, 0.15) is 0 Å². The van der Waals surface area contributed by atoms with Crippen molar-refractivity contribution < 1.29 is 9.72 Å². The Labute approximate surface area is 79.9 Å². The van der Waals surface area contributed by atoms with Gasteiger partial charge in [-0.05, 0) is 12.5 Å². The lowest BCUT2D eigenvalue weighted by molar-refractivity contribution is -0.384. The van der Waals surface area contributed by atoms with Gasteiger partial charge in [-0.15, -0.1) is 0 Å². The Morgan fingerprint density at radius 2 is 2.21 bits per heavy atom. The molecule has 1 aromatic carbocycles. The summed E-state index contributed by atoms with van der Waals surface area (Å²) in [6.07, 6.45) is 0. The fourth-order valence-electron chi connectivity index (χ4n) is 0.991. The number of carbonyl (C=O) groups is 1. The lowest BCUT2D eigenvalue weighted by atomic mass is 10.2. The Balaban J connectivity index is 3.08. The normalized spacial score (nSPS) is 9.50. The van der Waals surface area contributed by atoms with E-state index < -0.39 is 11.0 Å². The molecule has 6 heteroatoms. The van der Waals surface area contributed by atoms with Crippen LogP contribution < -0.4 is 11.1 Å². The molecule has 0 unspecified atom stereocenters. The summed E-state index contributed by atoms with van der Waals surface area (Å²) in [5, 5.41) is 12.7. The number of non-ortho nitro benzene ring substituents is 1. The number of amides is 2. The van der Waals surface area contributed by atoms with E-state index in [1.807, 2.05) is 0 Å². The molecule has 0 spiro atoms. The Hall–Kier alpha value is -2.11. The van der Waals surface area contributed by atoms with E-state index in [9.17, 15) is 14.9 Å². The van der Waals surface area contributed by atoms with Crippen LogP contribution in [0.25, 0.3) is 0 Å². The number of nitrogens with two attached hydrogens (primary N) is 1. The van der Waals surface area contributed by atoms with Gasteiger partial charge in [0.2, 0.25) is 0 Å². The number of aryl methyl sites for hydroxylation is 1. The highest BCUT2D eigenvalue weighted by Crippen LogP contribution is 2.21. The molecule has 74 valence electrons. The van der Waals surface area contributed by atoms with Crippen molar-refractivity contribution in [3.05, 3.63) is 33.9 Å². The summed E-state index contributed by atoms with van der Waals surface area (Å²) in [4.78, 5) is 20.4. The standard InChI is InChI=1S/C8H9N3O3/c1-5-2-3-6(11(13)14)4-7(5)10-8(9)12/h2-4H,1H3,(H3,9,10,12). The predicted octanol–water partition coefficient (Wildman–Crippen LogP) is 1.39. The number of urea groups is 1. The Morgan fingerprint density at radius 1 is 1.57 bits per heavy atom. The van der Waals surface area contributed by atoms with Gasteiger partial charge in [-0.1, -0.05) is 6.07 Å². The molecule has 1 rings (SSSR count). The van der Waals surface area contributed by atoms with Gasteiger partial charge < -0.3 is 11.1 Å². The number of nitrogens with one attached hydrogen (secondary N) is 1. The van der Waals surface area contributed by atoms with Crippen LogP contribution in [0.3, 0.4) is 0 Å². The van der Waals surface area contributed by atoms with Crippen molar-refractivity contribution in [3.8, 4) is 0 Å². The molecule has 1 aromatic rings. The first-order valence-electron chi connectivity index (χ1n) is 3.82. The van der Waals surface area contributed by atoms with E-state index >= 15 is 0 Å². The van der Waals surface area contributed by atoms with Gasteiger partial charge in [0.25, 0.3) is 5.69 Å². The molecule has 0 aliphatic heterocycles. The van der Waals surface area contributed by atoms with Gasteiger partial charge in [-0.3, -0.25) is 10.1 Å². The molecule has 2 amide bonds. The van der Waals surface area contributed by atoms with E-state index in [4.69, 9.17) is 5.73 Å². The number of hydrogen-bond acceptors (Lipinski definition) is 3. The van der Waals surface area contributed by atoms with Gasteiger partial charge in [0.15, 0.2) is 0 Å². The summed E-state index contributed by atoms with van der Waals surface area (Å²) in [6.45, 7) is 1.72. The van der Waals surface area contributed by atoms with Crippen LogP contribution in [0, 0.1) is 17.0 Å². The lowest BCUT2D eigenvalue weighted by Crippen LogP contribution is -2.19. The van der Waals surface area contributed by atoms with Gasteiger partial charge in [-0.2, -0.15) is 0 Å². The molecule has 14 heavy (non-hydrogen) atoms. The maximum Gasteiger partial charge on any atom is 0.316 e. The number of rotatable bonds is 2. The lowest BCUT2D eigenvalue weighted by Gasteiger charge is -2.04. The van der Waals surface area contributed by atoms with Crippen LogP contribution >= 0.6 is 0 Å². The maximum atomic E-state index is 10.5. The van der Waals surface area contributed by atoms with E-state index in [1.165, 1.54) is 12.1 Å². The zero-order valence-electron chi connectivity index (χ0n) is 7.48. The number of anilines is 1. The first kappa shape index (κ1) is 9.97. The SMILES string of the molecule is Cc1ccc([N+](=O)[O-])cc1NC(N)=O. The Bertz CT molecular complexity index is 389. The third-order valence-electron chi connectivity index (χ3n) is 1.69. The summed E-state index contributed by atoms with van der Waals surface area (Å²) in [6, 6.07) is 3.43. The van der Waals surface area contributed by atoms with Crippen LogP contribution in [-0.4, -0.2) is 11.0 Å². The molecule has 0 aliphatic rings. The molecule has 0 atom stereocenters. The van der Waals surface area contributed by atoms with Crippen LogP contribution in [0.2, 0.25) is 0 Å². The first-order valence-corrected chi connectivity index (χ1v) is 3.82. The van der Waals surface area contributed by atoms with E-state index in [1.54, 1.807) is 13.0 Å². The summed E-state index contributed by atoms with van der Waals surface area (Å²) >= 11 is 0. The topological polar surface area (TPSA) is 98.3 Å².